The SMILES string of the molecule is CNCc1nc(-c2cccnc2)c2n1CCC2. The van der Waals surface area contributed by atoms with Gasteiger partial charge in [0.1, 0.15) is 5.82 Å². The molecule has 1 N–H and O–H groups in total. The van der Waals surface area contributed by atoms with Crippen LogP contribution in [0.3, 0.4) is 0 Å². The van der Waals surface area contributed by atoms with Gasteiger partial charge < -0.3 is 9.88 Å². The Kier molecular flexibility index (Phi) is 2.65. The van der Waals surface area contributed by atoms with Crippen molar-refractivity contribution in [2.75, 3.05) is 7.05 Å². The van der Waals surface area contributed by atoms with Gasteiger partial charge in [-0.3, -0.25) is 4.98 Å². The number of imidazole rings is 1. The van der Waals surface area contributed by atoms with E-state index in [2.05, 4.69) is 20.9 Å². The van der Waals surface area contributed by atoms with Gasteiger partial charge in [0.2, 0.25) is 0 Å². The van der Waals surface area contributed by atoms with E-state index in [4.69, 9.17) is 4.98 Å². The fourth-order valence-electron chi connectivity index (χ4n) is 2.49. The topological polar surface area (TPSA) is 42.7 Å². The largest absolute Gasteiger partial charge is 0.330 e. The van der Waals surface area contributed by atoms with Crippen molar-refractivity contribution in [3.05, 3.63) is 36.0 Å². The van der Waals surface area contributed by atoms with Crippen molar-refractivity contribution < 1.29 is 0 Å². The first-order chi connectivity index (χ1) is 8.40. The highest BCUT2D eigenvalue weighted by Crippen LogP contribution is 2.28. The van der Waals surface area contributed by atoms with E-state index in [0.717, 1.165) is 36.6 Å². The molecule has 3 rings (SSSR count). The molecule has 2 aromatic heterocycles. The van der Waals surface area contributed by atoms with Crippen LogP contribution in [0, 0.1) is 0 Å². The molecule has 3 heterocycles. The molecule has 0 spiro atoms. The van der Waals surface area contributed by atoms with E-state index >= 15 is 0 Å². The standard InChI is InChI=1S/C13H16N4/c1-14-9-12-16-13(10-4-2-6-15-8-10)11-5-3-7-17(11)12/h2,4,6,8,14H,3,5,7,9H2,1H3. The molecule has 0 radical (unpaired) electrons. The molecule has 4 nitrogen and oxygen atoms in total. The Morgan fingerprint density at radius 1 is 1.47 bits per heavy atom. The van der Waals surface area contributed by atoms with Crippen LogP contribution >= 0.6 is 0 Å². The molecule has 0 unspecified atom stereocenters. The molecule has 88 valence electrons. The Labute approximate surface area is 101 Å². The lowest BCUT2D eigenvalue weighted by molar-refractivity contribution is 0.653. The summed E-state index contributed by atoms with van der Waals surface area (Å²) in [5.41, 5.74) is 3.60. The summed E-state index contributed by atoms with van der Waals surface area (Å²) in [6, 6.07) is 4.05. The highest BCUT2D eigenvalue weighted by atomic mass is 15.1. The van der Waals surface area contributed by atoms with Crippen LogP contribution in [0.5, 0.6) is 0 Å². The molecule has 4 heteroatoms. The molecular weight excluding hydrogens is 212 g/mol. The summed E-state index contributed by atoms with van der Waals surface area (Å²) in [5, 5.41) is 3.18. The monoisotopic (exact) mass is 228 g/mol. The summed E-state index contributed by atoms with van der Waals surface area (Å²) in [4.78, 5) is 8.93. The maximum atomic E-state index is 4.75. The van der Waals surface area contributed by atoms with Gasteiger partial charge in [-0.25, -0.2) is 4.98 Å². The maximum absolute atomic E-state index is 4.75. The summed E-state index contributed by atoms with van der Waals surface area (Å²) in [6.07, 6.45) is 6.04. The second-order valence-electron chi connectivity index (χ2n) is 4.35. The average molecular weight is 228 g/mol. The van der Waals surface area contributed by atoms with Gasteiger partial charge in [-0.15, -0.1) is 0 Å². The lowest BCUT2D eigenvalue weighted by atomic mass is 10.1. The van der Waals surface area contributed by atoms with E-state index in [9.17, 15) is 0 Å². The minimum absolute atomic E-state index is 0.827. The van der Waals surface area contributed by atoms with E-state index in [1.165, 1.54) is 12.1 Å². The smallest absolute Gasteiger partial charge is 0.123 e. The van der Waals surface area contributed by atoms with E-state index in [1.54, 1.807) is 6.20 Å². The lowest BCUT2D eigenvalue weighted by Gasteiger charge is -2.01. The van der Waals surface area contributed by atoms with E-state index in [-0.39, 0.29) is 0 Å². The summed E-state index contributed by atoms with van der Waals surface area (Å²) >= 11 is 0. The third-order valence-corrected chi connectivity index (χ3v) is 3.22. The molecule has 0 bridgehead atoms. The van der Waals surface area contributed by atoms with Gasteiger partial charge in [-0.05, 0) is 32.0 Å². The van der Waals surface area contributed by atoms with Crippen LogP contribution in [-0.4, -0.2) is 21.6 Å². The summed E-state index contributed by atoms with van der Waals surface area (Å²) in [5.74, 6) is 1.14. The number of nitrogens with one attached hydrogen (secondary N) is 1. The Bertz CT molecular complexity index is 516. The second kappa shape index (κ2) is 4.30. The number of hydrogen-bond acceptors (Lipinski definition) is 3. The van der Waals surface area contributed by atoms with Gasteiger partial charge in [0.25, 0.3) is 0 Å². The minimum Gasteiger partial charge on any atom is -0.330 e. The van der Waals surface area contributed by atoms with Crippen LogP contribution in [0.15, 0.2) is 24.5 Å². The van der Waals surface area contributed by atoms with Crippen LogP contribution in [-0.2, 0) is 19.5 Å². The fraction of sp³-hybridized carbons (Fsp3) is 0.385. The molecular formula is C13H16N4. The first-order valence-corrected chi connectivity index (χ1v) is 6.03. The molecule has 1 aliphatic heterocycles. The zero-order chi connectivity index (χ0) is 11.7. The van der Waals surface area contributed by atoms with E-state index < -0.39 is 0 Å². The van der Waals surface area contributed by atoms with E-state index in [1.807, 2.05) is 19.3 Å². The molecule has 2 aromatic rings. The predicted octanol–water partition coefficient (Wildman–Crippen LogP) is 1.61. The fourth-order valence-corrected chi connectivity index (χ4v) is 2.49. The molecule has 17 heavy (non-hydrogen) atoms. The van der Waals surface area contributed by atoms with Crippen molar-refractivity contribution in [2.45, 2.75) is 25.9 Å². The molecule has 0 fully saturated rings. The number of rotatable bonds is 3. The third-order valence-electron chi connectivity index (χ3n) is 3.22. The molecule has 0 amide bonds. The maximum Gasteiger partial charge on any atom is 0.123 e. The van der Waals surface area contributed by atoms with Crippen LogP contribution in [0.2, 0.25) is 0 Å². The van der Waals surface area contributed by atoms with Crippen molar-refractivity contribution >= 4 is 0 Å². The number of aromatic nitrogens is 3. The van der Waals surface area contributed by atoms with Gasteiger partial charge in [-0.1, -0.05) is 0 Å². The van der Waals surface area contributed by atoms with Crippen LogP contribution in [0.25, 0.3) is 11.3 Å². The molecule has 0 aliphatic carbocycles. The zero-order valence-corrected chi connectivity index (χ0v) is 9.98. The van der Waals surface area contributed by atoms with Gasteiger partial charge in [-0.2, -0.15) is 0 Å². The average Bonchev–Trinajstić information content (AvgIpc) is 2.94. The van der Waals surface area contributed by atoms with Gasteiger partial charge in [0, 0.05) is 30.2 Å². The second-order valence-corrected chi connectivity index (χ2v) is 4.35. The minimum atomic E-state index is 0.827. The summed E-state index contributed by atoms with van der Waals surface area (Å²) < 4.78 is 2.35. The van der Waals surface area contributed by atoms with Crippen molar-refractivity contribution in [3.63, 3.8) is 0 Å². The van der Waals surface area contributed by atoms with Crippen LogP contribution < -0.4 is 5.32 Å². The van der Waals surface area contributed by atoms with Crippen LogP contribution in [0.1, 0.15) is 17.9 Å². The van der Waals surface area contributed by atoms with Crippen molar-refractivity contribution in [1.82, 2.24) is 19.9 Å². The van der Waals surface area contributed by atoms with Crippen molar-refractivity contribution in [2.24, 2.45) is 0 Å². The highest BCUT2D eigenvalue weighted by Gasteiger charge is 2.21. The van der Waals surface area contributed by atoms with E-state index in [0.29, 0.717) is 0 Å². The van der Waals surface area contributed by atoms with Crippen molar-refractivity contribution in [3.8, 4) is 11.3 Å². The predicted molar refractivity (Wildman–Crippen MR) is 66.5 cm³/mol. The number of pyridine rings is 1. The quantitative estimate of drug-likeness (QED) is 0.868. The van der Waals surface area contributed by atoms with Gasteiger partial charge >= 0.3 is 0 Å². The lowest BCUT2D eigenvalue weighted by Crippen LogP contribution is -2.11. The molecule has 0 atom stereocenters. The van der Waals surface area contributed by atoms with Gasteiger partial charge in [0.15, 0.2) is 0 Å². The first kappa shape index (κ1) is 10.5. The number of nitrogens with zero attached hydrogens (tertiary/aromatic N) is 3. The summed E-state index contributed by atoms with van der Waals surface area (Å²) in [7, 11) is 1.96. The molecule has 1 aliphatic rings. The molecule has 0 saturated heterocycles. The number of hydrogen-bond donors (Lipinski definition) is 1. The van der Waals surface area contributed by atoms with Crippen LogP contribution in [0.4, 0.5) is 0 Å². The summed E-state index contributed by atoms with van der Waals surface area (Å²) in [6.45, 7) is 1.92. The molecule has 0 aromatic carbocycles. The Balaban J connectivity index is 2.09. The van der Waals surface area contributed by atoms with Crippen molar-refractivity contribution in [1.29, 1.82) is 0 Å². The zero-order valence-electron chi connectivity index (χ0n) is 9.98. The number of fused-ring (bicyclic) bond motifs is 1. The van der Waals surface area contributed by atoms with Gasteiger partial charge in [0.05, 0.1) is 12.2 Å². The third kappa shape index (κ3) is 1.74. The Morgan fingerprint density at radius 2 is 2.41 bits per heavy atom. The first-order valence-electron chi connectivity index (χ1n) is 6.03. The normalized spacial score (nSPS) is 13.9. The Hall–Kier alpha value is -1.68. The Morgan fingerprint density at radius 3 is 3.18 bits per heavy atom. The highest BCUT2D eigenvalue weighted by molar-refractivity contribution is 5.61. The molecule has 0 saturated carbocycles.